The van der Waals surface area contributed by atoms with Gasteiger partial charge in [0, 0.05) is 44.3 Å². The highest BCUT2D eigenvalue weighted by atomic mass is 16.7. The first-order chi connectivity index (χ1) is 14.0. The van der Waals surface area contributed by atoms with Crippen LogP contribution in [0.1, 0.15) is 37.6 Å². The molecule has 0 bridgehead atoms. The van der Waals surface area contributed by atoms with Crippen LogP contribution in [0.15, 0.2) is 23.1 Å². The number of nitrogens with one attached hydrogen (secondary N) is 1. The van der Waals surface area contributed by atoms with Gasteiger partial charge in [0.05, 0.1) is 25.2 Å². The zero-order chi connectivity index (χ0) is 21.4. The smallest absolute Gasteiger partial charge is 0.258 e. The Hall–Kier alpha value is -2.58. The molecule has 0 aliphatic heterocycles. The van der Waals surface area contributed by atoms with Gasteiger partial charge < -0.3 is 28.8 Å². The second-order valence-electron chi connectivity index (χ2n) is 6.27. The molecular weight excluding hydrogens is 376 g/mol. The fraction of sp³-hybridized carbons (Fsp3) is 0.524. The van der Waals surface area contributed by atoms with Gasteiger partial charge in [-0.15, -0.1) is 0 Å². The summed E-state index contributed by atoms with van der Waals surface area (Å²) in [6, 6.07) is 3.27. The van der Waals surface area contributed by atoms with Gasteiger partial charge >= 0.3 is 0 Å². The van der Waals surface area contributed by atoms with Gasteiger partial charge in [-0.2, -0.15) is 0 Å². The number of hydrogen-bond acceptors (Lipinski definition) is 6. The van der Waals surface area contributed by atoms with Gasteiger partial charge in [0.15, 0.2) is 17.8 Å². The first-order valence-corrected chi connectivity index (χ1v) is 9.81. The van der Waals surface area contributed by atoms with Gasteiger partial charge in [0.25, 0.3) is 11.5 Å². The van der Waals surface area contributed by atoms with Gasteiger partial charge in [0.2, 0.25) is 0 Å². The van der Waals surface area contributed by atoms with Crippen molar-refractivity contribution in [1.29, 1.82) is 0 Å². The number of carbonyl (C=O) groups is 1. The molecule has 0 saturated heterocycles. The van der Waals surface area contributed by atoms with Crippen LogP contribution in [-0.4, -0.2) is 50.7 Å². The van der Waals surface area contributed by atoms with Crippen molar-refractivity contribution in [3.05, 3.63) is 34.2 Å². The van der Waals surface area contributed by atoms with Crippen molar-refractivity contribution in [3.8, 4) is 11.5 Å². The van der Waals surface area contributed by atoms with Crippen molar-refractivity contribution in [2.75, 3.05) is 34.0 Å². The van der Waals surface area contributed by atoms with E-state index in [0.717, 1.165) is 0 Å². The fourth-order valence-corrected chi connectivity index (χ4v) is 3.12. The van der Waals surface area contributed by atoms with Crippen LogP contribution in [0.2, 0.25) is 0 Å². The number of carbonyl (C=O) groups excluding carboxylic acids is 1. The number of ether oxygens (including phenoxy) is 4. The Morgan fingerprint density at radius 3 is 2.14 bits per heavy atom. The molecule has 0 spiro atoms. The minimum absolute atomic E-state index is 0.187. The molecule has 0 radical (unpaired) electrons. The Balaban J connectivity index is 2.36. The normalized spacial score (nSPS) is 11.1. The molecule has 29 heavy (non-hydrogen) atoms. The Morgan fingerprint density at radius 1 is 1.03 bits per heavy atom. The zero-order valence-electron chi connectivity index (χ0n) is 17.7. The van der Waals surface area contributed by atoms with Gasteiger partial charge in [-0.1, -0.05) is 0 Å². The zero-order valence-corrected chi connectivity index (χ0v) is 17.7. The molecule has 8 heteroatoms. The Labute approximate surface area is 170 Å². The summed E-state index contributed by atoms with van der Waals surface area (Å²) >= 11 is 0. The van der Waals surface area contributed by atoms with Crippen molar-refractivity contribution in [3.63, 3.8) is 0 Å². The van der Waals surface area contributed by atoms with E-state index in [1.54, 1.807) is 18.3 Å². The number of aromatic nitrogens is 1. The quantitative estimate of drug-likeness (QED) is 0.577. The molecule has 1 amide bonds. The van der Waals surface area contributed by atoms with E-state index in [2.05, 4.69) is 5.32 Å². The predicted molar refractivity (Wildman–Crippen MR) is 111 cm³/mol. The number of fused-ring (bicyclic) bond motifs is 1. The Morgan fingerprint density at radius 2 is 1.62 bits per heavy atom. The summed E-state index contributed by atoms with van der Waals surface area (Å²) in [7, 11) is 3.02. The number of methoxy groups -OCH3 is 2. The van der Waals surface area contributed by atoms with E-state index in [1.165, 1.54) is 18.8 Å². The average Bonchev–Trinajstić information content (AvgIpc) is 2.73. The molecule has 0 fully saturated rings. The van der Waals surface area contributed by atoms with Crippen molar-refractivity contribution in [1.82, 2.24) is 9.88 Å². The van der Waals surface area contributed by atoms with Crippen molar-refractivity contribution in [2.24, 2.45) is 0 Å². The number of rotatable bonds is 11. The third-order valence-corrected chi connectivity index (χ3v) is 4.55. The predicted octanol–water partition coefficient (Wildman–Crippen LogP) is 2.56. The lowest BCUT2D eigenvalue weighted by Crippen LogP contribution is -2.31. The van der Waals surface area contributed by atoms with E-state index >= 15 is 0 Å². The minimum atomic E-state index is -0.365. The molecule has 1 aromatic heterocycles. The maximum absolute atomic E-state index is 12.9. The molecule has 1 N–H and O–H groups in total. The molecule has 160 valence electrons. The minimum Gasteiger partial charge on any atom is -0.493 e. The monoisotopic (exact) mass is 406 g/mol. The molecule has 0 unspecified atom stereocenters. The number of amides is 1. The summed E-state index contributed by atoms with van der Waals surface area (Å²) in [5.74, 6) is 0.611. The number of benzene rings is 1. The molecule has 0 aliphatic rings. The van der Waals surface area contributed by atoms with Crippen LogP contribution in [0.5, 0.6) is 11.5 Å². The summed E-state index contributed by atoms with van der Waals surface area (Å²) in [6.45, 7) is 7.53. The Bertz CT molecular complexity index is 887. The fourth-order valence-electron chi connectivity index (χ4n) is 3.12. The molecule has 2 aromatic rings. The van der Waals surface area contributed by atoms with Crippen LogP contribution >= 0.6 is 0 Å². The van der Waals surface area contributed by atoms with E-state index < -0.39 is 0 Å². The summed E-state index contributed by atoms with van der Waals surface area (Å²) in [4.78, 5) is 25.7. The summed E-state index contributed by atoms with van der Waals surface area (Å²) in [5.41, 5.74) is 0.208. The topological polar surface area (TPSA) is 88.0 Å². The van der Waals surface area contributed by atoms with Crippen LogP contribution in [0, 0.1) is 0 Å². The highest BCUT2D eigenvalue weighted by molar-refractivity contribution is 6.07. The van der Waals surface area contributed by atoms with E-state index in [-0.39, 0.29) is 17.8 Å². The summed E-state index contributed by atoms with van der Waals surface area (Å²) in [6.07, 6.45) is 1.74. The lowest BCUT2D eigenvalue weighted by molar-refractivity contribution is -0.138. The highest BCUT2D eigenvalue weighted by Gasteiger charge is 2.18. The van der Waals surface area contributed by atoms with Crippen molar-refractivity contribution < 1.29 is 23.7 Å². The first-order valence-electron chi connectivity index (χ1n) is 9.81. The van der Waals surface area contributed by atoms with Gasteiger partial charge in [0.1, 0.15) is 0 Å². The maximum atomic E-state index is 12.9. The van der Waals surface area contributed by atoms with Crippen LogP contribution < -0.4 is 20.3 Å². The molecule has 2 rings (SSSR count). The van der Waals surface area contributed by atoms with Crippen LogP contribution in [0.25, 0.3) is 10.8 Å². The number of nitrogens with zero attached hydrogens (tertiary/aromatic N) is 1. The van der Waals surface area contributed by atoms with Crippen molar-refractivity contribution >= 4 is 16.7 Å². The largest absolute Gasteiger partial charge is 0.493 e. The molecule has 1 heterocycles. The lowest BCUT2D eigenvalue weighted by Gasteiger charge is -2.17. The molecule has 0 saturated carbocycles. The van der Waals surface area contributed by atoms with Crippen LogP contribution in [0.4, 0.5) is 0 Å². The first kappa shape index (κ1) is 22.7. The molecule has 0 aliphatic carbocycles. The highest BCUT2D eigenvalue weighted by Crippen LogP contribution is 2.32. The summed E-state index contributed by atoms with van der Waals surface area (Å²) in [5, 5.41) is 3.81. The SMILES string of the molecule is CCOC(CCNC(=O)c1cn(CC)c(=O)c2cc(OC)c(OC)cc12)OCC. The van der Waals surface area contributed by atoms with Gasteiger partial charge in [-0.25, -0.2) is 0 Å². The van der Waals surface area contributed by atoms with E-state index in [4.69, 9.17) is 18.9 Å². The number of hydrogen-bond donors (Lipinski definition) is 1. The van der Waals surface area contributed by atoms with Crippen LogP contribution in [0.3, 0.4) is 0 Å². The third-order valence-electron chi connectivity index (χ3n) is 4.55. The molecular formula is C21H30N2O6. The number of pyridine rings is 1. The molecule has 8 nitrogen and oxygen atoms in total. The third kappa shape index (κ3) is 5.27. The second-order valence-corrected chi connectivity index (χ2v) is 6.27. The van der Waals surface area contributed by atoms with Gasteiger partial charge in [-0.05, 0) is 32.9 Å². The second kappa shape index (κ2) is 10.8. The van der Waals surface area contributed by atoms with E-state index in [0.29, 0.717) is 60.6 Å². The number of aryl methyl sites for hydroxylation is 1. The average molecular weight is 406 g/mol. The Kier molecular flexibility index (Phi) is 8.48. The maximum Gasteiger partial charge on any atom is 0.258 e. The van der Waals surface area contributed by atoms with E-state index in [9.17, 15) is 9.59 Å². The molecule has 1 aromatic carbocycles. The van der Waals surface area contributed by atoms with Crippen LogP contribution in [-0.2, 0) is 16.0 Å². The van der Waals surface area contributed by atoms with Crippen molar-refractivity contribution in [2.45, 2.75) is 40.0 Å². The van der Waals surface area contributed by atoms with E-state index in [1.807, 2.05) is 20.8 Å². The molecule has 0 atom stereocenters. The lowest BCUT2D eigenvalue weighted by atomic mass is 10.1. The standard InChI is InChI=1S/C21H30N2O6/c1-6-23-13-16(20(24)22-10-9-19(28-7-2)29-8-3)14-11-17(26-4)18(27-5)12-15(14)21(23)25/h11-13,19H,6-10H2,1-5H3,(H,22,24). The van der Waals surface area contributed by atoms with Gasteiger partial charge in [-0.3, -0.25) is 9.59 Å². The summed E-state index contributed by atoms with van der Waals surface area (Å²) < 4.78 is 23.2.